The molecule has 2 atom stereocenters. The Kier molecular flexibility index (Phi) is 15.5. The summed E-state index contributed by atoms with van der Waals surface area (Å²) in [7, 11) is 0. The van der Waals surface area contributed by atoms with E-state index in [2.05, 4.69) is 73.0 Å². The first kappa shape index (κ1) is 38.2. The first-order valence-corrected chi connectivity index (χ1v) is 17.0. The summed E-state index contributed by atoms with van der Waals surface area (Å²) < 4.78 is 0. The van der Waals surface area contributed by atoms with Crippen LogP contribution in [0, 0.1) is 11.8 Å². The second-order valence-electron chi connectivity index (χ2n) is 12.7. The molecule has 0 bridgehead atoms. The van der Waals surface area contributed by atoms with Gasteiger partial charge in [-0.2, -0.15) is 10.2 Å². The van der Waals surface area contributed by atoms with Crippen LogP contribution < -0.4 is 10.9 Å². The number of carbonyl (C=O) groups is 2. The van der Waals surface area contributed by atoms with E-state index in [9.17, 15) is 9.59 Å². The zero-order chi connectivity index (χ0) is 35.1. The molecule has 0 radical (unpaired) electrons. The summed E-state index contributed by atoms with van der Waals surface area (Å²) in [4.78, 5) is 24.4. The van der Waals surface area contributed by atoms with E-state index in [1.807, 2.05) is 62.4 Å². The zero-order valence-corrected chi connectivity index (χ0v) is 30.1. The van der Waals surface area contributed by atoms with Crippen molar-refractivity contribution in [2.75, 3.05) is 0 Å². The lowest BCUT2D eigenvalue weighted by Crippen LogP contribution is -2.23. The van der Waals surface area contributed by atoms with Gasteiger partial charge in [0.1, 0.15) is 0 Å². The Morgan fingerprint density at radius 1 is 0.542 bits per heavy atom. The number of nitrogens with zero attached hydrogens (tertiary/aromatic N) is 2. The molecular formula is C40H46Cl2N4O2. The number of nitrogens with one attached hydrogen (secondary N) is 2. The van der Waals surface area contributed by atoms with Crippen molar-refractivity contribution in [1.29, 1.82) is 0 Å². The molecule has 2 amide bonds. The van der Waals surface area contributed by atoms with Crippen LogP contribution >= 0.6 is 23.2 Å². The number of hydrazone groups is 2. The van der Waals surface area contributed by atoms with Crippen LogP contribution in [0.2, 0.25) is 10.0 Å². The molecule has 6 nitrogen and oxygen atoms in total. The number of hydrogen-bond donors (Lipinski definition) is 2. The zero-order valence-electron chi connectivity index (χ0n) is 28.6. The standard InChI is InChI=1S/2C20H23ClN2O/c2*1-14(2)12-16-4-8-18(9-5-16)15(3)20(24)23-22-13-17-6-10-19(21)11-7-17/h2*4-11,13-15H,12H2,1-3H3,(H,23,24)/b2*22-13+/t2*15-/m10/s1. The van der Waals surface area contributed by atoms with E-state index in [4.69, 9.17) is 23.2 Å². The summed E-state index contributed by atoms with van der Waals surface area (Å²) in [6, 6.07) is 31.0. The minimum atomic E-state index is -0.250. The SMILES string of the molecule is CC(C)Cc1ccc([C@@H](C)C(=O)N/N=C/c2ccc(Cl)cc2)cc1.CC(C)Cc1ccc([C@H](C)C(=O)N/N=C/c2ccc(Cl)cc2)cc1. The molecule has 48 heavy (non-hydrogen) atoms. The summed E-state index contributed by atoms with van der Waals surface area (Å²) in [6.07, 6.45) is 5.30. The molecule has 4 aromatic rings. The Labute approximate surface area is 295 Å². The second kappa shape index (κ2) is 19.5. The largest absolute Gasteiger partial charge is 0.272 e. The topological polar surface area (TPSA) is 82.9 Å². The minimum Gasteiger partial charge on any atom is -0.272 e. The molecule has 0 aliphatic rings. The van der Waals surface area contributed by atoms with E-state index < -0.39 is 0 Å². The lowest BCUT2D eigenvalue weighted by Gasteiger charge is -2.11. The molecule has 0 fully saturated rings. The average molecular weight is 686 g/mol. The highest BCUT2D eigenvalue weighted by Gasteiger charge is 2.15. The van der Waals surface area contributed by atoms with Gasteiger partial charge in [0.05, 0.1) is 24.3 Å². The molecule has 0 saturated carbocycles. The molecule has 4 aromatic carbocycles. The third kappa shape index (κ3) is 13.5. The normalized spacial score (nSPS) is 12.5. The van der Waals surface area contributed by atoms with Crippen molar-refractivity contribution in [3.8, 4) is 0 Å². The third-order valence-corrected chi connectivity index (χ3v) is 8.05. The molecular weight excluding hydrogens is 639 g/mol. The Morgan fingerprint density at radius 2 is 0.854 bits per heavy atom. The predicted molar refractivity (Wildman–Crippen MR) is 201 cm³/mol. The van der Waals surface area contributed by atoms with Gasteiger partial charge < -0.3 is 0 Å². The molecule has 0 aromatic heterocycles. The fourth-order valence-corrected chi connectivity index (χ4v) is 5.01. The van der Waals surface area contributed by atoms with E-state index in [-0.39, 0.29) is 23.7 Å². The van der Waals surface area contributed by atoms with Crippen LogP contribution in [0.3, 0.4) is 0 Å². The number of amides is 2. The van der Waals surface area contributed by atoms with Crippen molar-refractivity contribution in [1.82, 2.24) is 10.9 Å². The van der Waals surface area contributed by atoms with E-state index in [1.54, 1.807) is 36.7 Å². The smallest absolute Gasteiger partial charge is 0.247 e. The summed E-state index contributed by atoms with van der Waals surface area (Å²) in [5, 5.41) is 9.36. The number of hydrogen-bond acceptors (Lipinski definition) is 4. The average Bonchev–Trinajstić information content (AvgIpc) is 3.06. The van der Waals surface area contributed by atoms with Gasteiger partial charge in [0, 0.05) is 10.0 Å². The van der Waals surface area contributed by atoms with Crippen LogP contribution in [0.4, 0.5) is 0 Å². The van der Waals surface area contributed by atoms with E-state index in [1.165, 1.54) is 11.1 Å². The molecule has 0 aliphatic heterocycles. The van der Waals surface area contributed by atoms with Crippen LogP contribution in [-0.2, 0) is 22.4 Å². The van der Waals surface area contributed by atoms with Gasteiger partial charge in [-0.15, -0.1) is 0 Å². The van der Waals surface area contributed by atoms with E-state index in [0.717, 1.165) is 35.1 Å². The molecule has 2 N–H and O–H groups in total. The van der Waals surface area contributed by atoms with Crippen molar-refractivity contribution < 1.29 is 9.59 Å². The molecule has 4 rings (SSSR count). The van der Waals surface area contributed by atoms with Crippen LogP contribution in [-0.4, -0.2) is 24.2 Å². The molecule has 0 unspecified atom stereocenters. The molecule has 8 heteroatoms. The maximum Gasteiger partial charge on any atom is 0.247 e. The van der Waals surface area contributed by atoms with Crippen LogP contribution in [0.15, 0.2) is 107 Å². The number of rotatable bonds is 12. The first-order valence-electron chi connectivity index (χ1n) is 16.3. The molecule has 0 aliphatic carbocycles. The maximum absolute atomic E-state index is 12.2. The molecule has 0 spiro atoms. The second-order valence-corrected chi connectivity index (χ2v) is 13.6. The summed E-state index contributed by atoms with van der Waals surface area (Å²) in [5.74, 6) is 0.493. The van der Waals surface area contributed by atoms with Gasteiger partial charge >= 0.3 is 0 Å². The maximum atomic E-state index is 12.2. The van der Waals surface area contributed by atoms with Gasteiger partial charge in [0.15, 0.2) is 0 Å². The fourth-order valence-electron chi connectivity index (χ4n) is 4.76. The molecule has 0 saturated heterocycles. The summed E-state index contributed by atoms with van der Waals surface area (Å²) in [6.45, 7) is 12.5. The van der Waals surface area contributed by atoms with Crippen molar-refractivity contribution in [2.24, 2.45) is 22.0 Å². The fraction of sp³-hybridized carbons (Fsp3) is 0.300. The molecule has 0 heterocycles. The van der Waals surface area contributed by atoms with Crippen LogP contribution in [0.1, 0.15) is 86.8 Å². The highest BCUT2D eigenvalue weighted by atomic mass is 35.5. The highest BCUT2D eigenvalue weighted by molar-refractivity contribution is 6.30. The van der Waals surface area contributed by atoms with Gasteiger partial charge in [-0.25, -0.2) is 10.9 Å². The van der Waals surface area contributed by atoms with Gasteiger partial charge in [-0.05, 0) is 96.2 Å². The lowest BCUT2D eigenvalue weighted by molar-refractivity contribution is -0.122. The number of halogens is 2. The van der Waals surface area contributed by atoms with Gasteiger partial charge in [-0.1, -0.05) is 124 Å². The van der Waals surface area contributed by atoms with E-state index in [0.29, 0.717) is 21.9 Å². The van der Waals surface area contributed by atoms with Gasteiger partial charge in [0.25, 0.3) is 0 Å². The Morgan fingerprint density at radius 3 is 1.15 bits per heavy atom. The van der Waals surface area contributed by atoms with Crippen LogP contribution in [0.5, 0.6) is 0 Å². The quantitative estimate of drug-likeness (QED) is 0.115. The summed E-state index contributed by atoms with van der Waals surface area (Å²) in [5.41, 5.74) is 11.5. The van der Waals surface area contributed by atoms with Gasteiger partial charge in [-0.3, -0.25) is 9.59 Å². The third-order valence-electron chi connectivity index (χ3n) is 7.55. The summed E-state index contributed by atoms with van der Waals surface area (Å²) >= 11 is 11.7. The number of carbonyl (C=O) groups excluding carboxylic acids is 2. The van der Waals surface area contributed by atoms with Crippen molar-refractivity contribution in [2.45, 2.75) is 66.2 Å². The predicted octanol–water partition coefficient (Wildman–Crippen LogP) is 9.58. The van der Waals surface area contributed by atoms with Crippen molar-refractivity contribution in [3.63, 3.8) is 0 Å². The highest BCUT2D eigenvalue weighted by Crippen LogP contribution is 2.19. The monoisotopic (exact) mass is 684 g/mol. The Balaban J connectivity index is 0.000000260. The first-order chi connectivity index (χ1) is 22.9. The molecule has 252 valence electrons. The van der Waals surface area contributed by atoms with Crippen molar-refractivity contribution in [3.05, 3.63) is 140 Å². The minimum absolute atomic E-state index is 0.128. The Bertz CT molecular complexity index is 1510. The van der Waals surface area contributed by atoms with Gasteiger partial charge in [0.2, 0.25) is 11.8 Å². The Hall–Kier alpha value is -4.26. The van der Waals surface area contributed by atoms with Crippen molar-refractivity contribution >= 4 is 47.4 Å². The number of benzene rings is 4. The van der Waals surface area contributed by atoms with E-state index >= 15 is 0 Å². The van der Waals surface area contributed by atoms with Crippen LogP contribution in [0.25, 0.3) is 0 Å². The lowest BCUT2D eigenvalue weighted by atomic mass is 9.96.